The van der Waals surface area contributed by atoms with Crippen LogP contribution in [-0.4, -0.2) is 51.5 Å². The van der Waals surface area contributed by atoms with Crippen LogP contribution in [0.5, 0.6) is 34.5 Å². The van der Waals surface area contributed by atoms with Gasteiger partial charge in [0.15, 0.2) is 23.0 Å². The van der Waals surface area contributed by atoms with Crippen LogP contribution in [-0.2, 0) is 0 Å². The molecule has 0 heterocycles. The molecule has 1 atom stereocenters. The lowest BCUT2D eigenvalue weighted by Crippen LogP contribution is -2.24. The minimum Gasteiger partial charge on any atom is -0.504 e. The molecule has 1 unspecified atom stereocenters. The van der Waals surface area contributed by atoms with Crippen molar-refractivity contribution >= 4 is 17.4 Å². The first-order valence-corrected chi connectivity index (χ1v) is 9.02. The number of hydrogen-bond acceptors (Lipinski definition) is 9. The molecule has 28 heavy (non-hydrogen) atoms. The molecule has 2 aromatic rings. The van der Waals surface area contributed by atoms with Crippen LogP contribution in [0.25, 0.3) is 0 Å². The molecule has 0 aromatic heterocycles. The van der Waals surface area contributed by atoms with Crippen molar-refractivity contribution in [3.8, 4) is 34.5 Å². The number of aliphatic imine (C=N–C) groups is 1. The highest BCUT2D eigenvalue weighted by Gasteiger charge is 2.13. The number of ether oxygens (including phenoxy) is 2. The van der Waals surface area contributed by atoms with Crippen molar-refractivity contribution in [2.45, 2.75) is 19.1 Å². The Kier molecular flexibility index (Phi) is 8.36. The van der Waals surface area contributed by atoms with Crippen LogP contribution in [0.15, 0.2) is 41.4 Å². The van der Waals surface area contributed by atoms with Gasteiger partial charge in [-0.2, -0.15) is 4.99 Å². The summed E-state index contributed by atoms with van der Waals surface area (Å²) < 4.78 is 11.0. The van der Waals surface area contributed by atoms with Crippen molar-refractivity contribution in [2.75, 3.05) is 19.7 Å². The Labute approximate surface area is 167 Å². The van der Waals surface area contributed by atoms with E-state index in [1.54, 1.807) is 18.2 Å². The summed E-state index contributed by atoms with van der Waals surface area (Å²) in [7, 11) is 0. The molecule has 0 aliphatic carbocycles. The van der Waals surface area contributed by atoms with Crippen molar-refractivity contribution in [1.82, 2.24) is 5.32 Å². The van der Waals surface area contributed by atoms with Crippen molar-refractivity contribution in [3.05, 3.63) is 36.4 Å². The molecular weight excluding hydrogens is 384 g/mol. The largest absolute Gasteiger partial charge is 0.504 e. The maximum atomic E-state index is 9.79. The number of thiocarbonyl (C=S) groups is 1. The number of phenols is 4. The van der Waals surface area contributed by atoms with Gasteiger partial charge in [0.05, 0.1) is 11.8 Å². The van der Waals surface area contributed by atoms with E-state index in [0.29, 0.717) is 32.5 Å². The maximum Gasteiger partial charge on any atom is 0.200 e. The Morgan fingerprint density at radius 2 is 1.61 bits per heavy atom. The Bertz CT molecular complexity index is 826. The highest BCUT2D eigenvalue weighted by Crippen LogP contribution is 2.35. The van der Waals surface area contributed by atoms with Crippen LogP contribution in [0.2, 0.25) is 0 Å². The first-order valence-electron chi connectivity index (χ1n) is 8.62. The molecule has 0 amide bonds. The van der Waals surface area contributed by atoms with Gasteiger partial charge in [-0.3, -0.25) is 0 Å². The summed E-state index contributed by atoms with van der Waals surface area (Å²) in [5, 5.41) is 43.8. The summed E-state index contributed by atoms with van der Waals surface area (Å²) in [6.45, 7) is 1.56. The zero-order valence-electron chi connectivity index (χ0n) is 15.0. The topological polar surface area (TPSA) is 124 Å². The number of hydrogen-bond donors (Lipinski definition) is 5. The van der Waals surface area contributed by atoms with E-state index in [9.17, 15) is 20.4 Å². The summed E-state index contributed by atoms with van der Waals surface area (Å²) in [5.74, 6) is -0.791. The molecule has 0 aliphatic rings. The van der Waals surface area contributed by atoms with Gasteiger partial charge in [0, 0.05) is 13.0 Å². The van der Waals surface area contributed by atoms with Crippen LogP contribution in [0.3, 0.4) is 0 Å². The minimum atomic E-state index is -0.654. The van der Waals surface area contributed by atoms with Crippen molar-refractivity contribution in [3.63, 3.8) is 0 Å². The zero-order valence-corrected chi connectivity index (χ0v) is 15.9. The molecule has 8 nitrogen and oxygen atoms in total. The SMILES string of the molecule is Oc1cccc(OCCCNCCC(N=C=S)Oc2cccc(O)c2O)c1O. The molecule has 0 aliphatic heterocycles. The number of nitrogens with one attached hydrogen (secondary N) is 1. The highest BCUT2D eigenvalue weighted by molar-refractivity contribution is 7.78. The third-order valence-corrected chi connectivity index (χ3v) is 3.84. The minimum absolute atomic E-state index is 0.110. The number of phenolic OH excluding ortho intramolecular Hbond substituents is 4. The average molecular weight is 406 g/mol. The van der Waals surface area contributed by atoms with Crippen LogP contribution in [0.4, 0.5) is 0 Å². The fourth-order valence-electron chi connectivity index (χ4n) is 2.32. The Morgan fingerprint density at radius 3 is 2.29 bits per heavy atom. The van der Waals surface area contributed by atoms with Crippen molar-refractivity contribution in [1.29, 1.82) is 0 Å². The summed E-state index contributed by atoms with van der Waals surface area (Å²) in [5.41, 5.74) is 0. The average Bonchev–Trinajstić information content (AvgIpc) is 2.68. The summed E-state index contributed by atoms with van der Waals surface area (Å²) >= 11 is 4.62. The normalized spacial score (nSPS) is 11.4. The molecule has 0 saturated heterocycles. The Hall–Kier alpha value is -3.00. The monoisotopic (exact) mass is 406 g/mol. The Balaban J connectivity index is 1.69. The number of nitrogens with zero attached hydrogens (tertiary/aromatic N) is 1. The predicted molar refractivity (Wildman–Crippen MR) is 107 cm³/mol. The maximum absolute atomic E-state index is 9.79. The summed E-state index contributed by atoms with van der Waals surface area (Å²) in [6, 6.07) is 8.95. The van der Waals surface area contributed by atoms with Crippen LogP contribution >= 0.6 is 12.2 Å². The molecule has 150 valence electrons. The lowest BCUT2D eigenvalue weighted by Gasteiger charge is -2.15. The third kappa shape index (κ3) is 6.31. The first-order chi connectivity index (χ1) is 13.5. The fourth-order valence-corrected chi connectivity index (χ4v) is 2.44. The van der Waals surface area contributed by atoms with Crippen LogP contribution in [0.1, 0.15) is 12.8 Å². The molecule has 0 saturated carbocycles. The van der Waals surface area contributed by atoms with Gasteiger partial charge in [-0.1, -0.05) is 12.1 Å². The van der Waals surface area contributed by atoms with Crippen LogP contribution in [0, 0.1) is 0 Å². The summed E-state index contributed by atoms with van der Waals surface area (Å²) in [6.07, 6.45) is 0.482. The lowest BCUT2D eigenvalue weighted by molar-refractivity contribution is 0.191. The van der Waals surface area contributed by atoms with Gasteiger partial charge in [-0.05, 0) is 49.4 Å². The van der Waals surface area contributed by atoms with E-state index >= 15 is 0 Å². The molecular formula is C19H22N2O6S. The van der Waals surface area contributed by atoms with Gasteiger partial charge in [0.1, 0.15) is 0 Å². The van der Waals surface area contributed by atoms with E-state index < -0.39 is 6.23 Å². The van der Waals surface area contributed by atoms with Gasteiger partial charge in [0.2, 0.25) is 17.7 Å². The molecule has 0 fully saturated rings. The molecule has 0 bridgehead atoms. The van der Waals surface area contributed by atoms with Crippen molar-refractivity contribution < 1.29 is 29.9 Å². The molecule has 0 spiro atoms. The van der Waals surface area contributed by atoms with E-state index in [4.69, 9.17) is 9.47 Å². The van der Waals surface area contributed by atoms with Gasteiger partial charge in [-0.15, -0.1) is 0 Å². The van der Waals surface area contributed by atoms with E-state index in [1.807, 2.05) is 0 Å². The second-order valence-corrected chi connectivity index (χ2v) is 5.96. The number of benzene rings is 2. The highest BCUT2D eigenvalue weighted by atomic mass is 32.1. The molecule has 2 aromatic carbocycles. The molecule has 2 rings (SSSR count). The number of isothiocyanates is 1. The number of para-hydroxylation sites is 2. The van der Waals surface area contributed by atoms with E-state index in [-0.39, 0.29) is 34.5 Å². The standard InChI is InChI=1S/C19H22N2O6S/c22-13-4-1-6-15(18(13)24)26-11-3-9-20-10-8-17(21-12-28)27-16-7-2-5-14(23)19(16)25/h1-2,4-7,17,20,22-25H,3,8-11H2. The van der Waals surface area contributed by atoms with Gasteiger partial charge < -0.3 is 35.2 Å². The van der Waals surface area contributed by atoms with Gasteiger partial charge in [-0.25, -0.2) is 0 Å². The number of aromatic hydroxyl groups is 4. The lowest BCUT2D eigenvalue weighted by atomic mass is 10.3. The smallest absolute Gasteiger partial charge is 0.200 e. The third-order valence-electron chi connectivity index (χ3n) is 3.74. The van der Waals surface area contributed by atoms with Gasteiger partial charge in [0.25, 0.3) is 0 Å². The molecule has 9 heteroatoms. The second-order valence-electron chi connectivity index (χ2n) is 5.78. The van der Waals surface area contributed by atoms with Crippen LogP contribution < -0.4 is 14.8 Å². The van der Waals surface area contributed by atoms with Crippen molar-refractivity contribution in [2.24, 2.45) is 4.99 Å². The Morgan fingerprint density at radius 1 is 0.964 bits per heavy atom. The van der Waals surface area contributed by atoms with Gasteiger partial charge >= 0.3 is 0 Å². The predicted octanol–water partition coefficient (Wildman–Crippen LogP) is 2.77. The van der Waals surface area contributed by atoms with E-state index in [0.717, 1.165) is 0 Å². The van der Waals surface area contributed by atoms with E-state index in [2.05, 4.69) is 27.7 Å². The van der Waals surface area contributed by atoms with E-state index in [1.165, 1.54) is 18.2 Å². The summed E-state index contributed by atoms with van der Waals surface area (Å²) in [4.78, 5) is 3.92. The first kappa shape index (κ1) is 21.3. The molecule has 0 radical (unpaired) electrons. The second kappa shape index (κ2) is 11.0. The molecule has 5 N–H and O–H groups in total. The number of rotatable bonds is 11. The fraction of sp³-hybridized carbons (Fsp3) is 0.316. The quantitative estimate of drug-likeness (QED) is 0.167. The zero-order chi connectivity index (χ0) is 20.4.